The lowest BCUT2D eigenvalue weighted by molar-refractivity contribution is -0.135. The Morgan fingerprint density at radius 3 is 3.06 bits per heavy atom. The van der Waals surface area contributed by atoms with E-state index < -0.39 is 0 Å². The van der Waals surface area contributed by atoms with Crippen LogP contribution in [0.2, 0.25) is 0 Å². The van der Waals surface area contributed by atoms with Crippen molar-refractivity contribution < 1.29 is 9.59 Å². The van der Waals surface area contributed by atoms with Crippen LogP contribution in [-0.4, -0.2) is 29.2 Å². The highest BCUT2D eigenvalue weighted by molar-refractivity contribution is 5.78. The van der Waals surface area contributed by atoms with Crippen LogP contribution in [0.5, 0.6) is 0 Å². The van der Waals surface area contributed by atoms with Gasteiger partial charge in [0.05, 0.1) is 6.04 Å². The van der Waals surface area contributed by atoms with Crippen molar-refractivity contribution >= 4 is 11.7 Å². The number of rotatable bonds is 3. The number of allylic oxidation sites excluding steroid dienone is 1. The second kappa shape index (κ2) is 5.51. The molecule has 0 radical (unpaired) electrons. The molecule has 0 aromatic rings. The molecule has 0 spiro atoms. The lowest BCUT2D eigenvalue weighted by Gasteiger charge is -2.39. The van der Waals surface area contributed by atoms with Crippen molar-refractivity contribution in [3.05, 3.63) is 23.3 Å². The summed E-state index contributed by atoms with van der Waals surface area (Å²) in [7, 11) is 0. The number of carbonyl (C=O) groups is 2. The Labute approximate surface area is 109 Å². The van der Waals surface area contributed by atoms with E-state index in [1.165, 1.54) is 11.1 Å². The Morgan fingerprint density at radius 2 is 2.33 bits per heavy atom. The number of hydrogen-bond acceptors (Lipinski definition) is 2. The van der Waals surface area contributed by atoms with Crippen molar-refractivity contribution in [1.82, 2.24) is 4.90 Å². The number of ketones is 1. The first-order valence-electron chi connectivity index (χ1n) is 6.74. The Kier molecular flexibility index (Phi) is 4.00. The summed E-state index contributed by atoms with van der Waals surface area (Å²) in [6.45, 7) is 4.44. The quantitative estimate of drug-likeness (QED) is 0.768. The van der Waals surface area contributed by atoms with Crippen molar-refractivity contribution in [2.45, 2.75) is 52.0 Å². The fourth-order valence-electron chi connectivity index (χ4n) is 2.81. The molecule has 0 aromatic carbocycles. The fourth-order valence-corrected chi connectivity index (χ4v) is 2.81. The van der Waals surface area contributed by atoms with Gasteiger partial charge in [-0.05, 0) is 38.7 Å². The Balaban J connectivity index is 2.08. The third-order valence-corrected chi connectivity index (χ3v) is 3.76. The topological polar surface area (TPSA) is 37.4 Å². The Bertz CT molecular complexity index is 420. The smallest absolute Gasteiger partial charge is 0.223 e. The highest BCUT2D eigenvalue weighted by Crippen LogP contribution is 2.29. The van der Waals surface area contributed by atoms with Crippen molar-refractivity contribution in [2.75, 3.05) is 6.54 Å². The first kappa shape index (κ1) is 13.1. The molecule has 0 bridgehead atoms. The normalized spacial score (nSPS) is 26.0. The van der Waals surface area contributed by atoms with Gasteiger partial charge >= 0.3 is 0 Å². The SMILES string of the molecule is CC(=O)CC/C=C1/C=C(C)[C@@H]2CCCC(=O)N2C1. The monoisotopic (exact) mass is 247 g/mol. The molecule has 0 unspecified atom stereocenters. The largest absolute Gasteiger partial charge is 0.332 e. The molecule has 2 aliphatic rings. The van der Waals surface area contributed by atoms with E-state index >= 15 is 0 Å². The average Bonchev–Trinajstić information content (AvgIpc) is 2.30. The number of nitrogens with zero attached hydrogens (tertiary/aromatic N) is 1. The molecule has 3 heteroatoms. The molecule has 98 valence electrons. The van der Waals surface area contributed by atoms with Gasteiger partial charge in [-0.25, -0.2) is 0 Å². The highest BCUT2D eigenvalue weighted by Gasteiger charge is 2.31. The summed E-state index contributed by atoms with van der Waals surface area (Å²) in [6.07, 6.45) is 8.45. The van der Waals surface area contributed by atoms with Crippen LogP contribution in [0, 0.1) is 0 Å². The second-order valence-electron chi connectivity index (χ2n) is 5.34. The summed E-state index contributed by atoms with van der Waals surface area (Å²) < 4.78 is 0. The average molecular weight is 247 g/mol. The molecule has 1 atom stereocenters. The molecule has 1 fully saturated rings. The summed E-state index contributed by atoms with van der Waals surface area (Å²) in [5.74, 6) is 0.492. The van der Waals surface area contributed by atoms with Crippen molar-refractivity contribution in [2.24, 2.45) is 0 Å². The summed E-state index contributed by atoms with van der Waals surface area (Å²) in [5, 5.41) is 0. The predicted molar refractivity (Wildman–Crippen MR) is 71.1 cm³/mol. The van der Waals surface area contributed by atoms with Gasteiger partial charge < -0.3 is 9.69 Å². The van der Waals surface area contributed by atoms with E-state index in [-0.39, 0.29) is 11.7 Å². The second-order valence-corrected chi connectivity index (χ2v) is 5.34. The molecular formula is C15H21NO2. The van der Waals surface area contributed by atoms with Crippen LogP contribution >= 0.6 is 0 Å². The fraction of sp³-hybridized carbons (Fsp3) is 0.600. The molecule has 0 saturated carbocycles. The van der Waals surface area contributed by atoms with Crippen LogP contribution < -0.4 is 0 Å². The number of fused-ring (bicyclic) bond motifs is 1. The third kappa shape index (κ3) is 2.89. The van der Waals surface area contributed by atoms with Crippen LogP contribution in [0.4, 0.5) is 0 Å². The van der Waals surface area contributed by atoms with Gasteiger partial charge in [-0.1, -0.05) is 17.7 Å². The summed E-state index contributed by atoms with van der Waals surface area (Å²) in [4.78, 5) is 24.8. The van der Waals surface area contributed by atoms with E-state index in [1.54, 1.807) is 6.92 Å². The van der Waals surface area contributed by atoms with Crippen molar-refractivity contribution in [3.8, 4) is 0 Å². The molecule has 18 heavy (non-hydrogen) atoms. The van der Waals surface area contributed by atoms with E-state index in [9.17, 15) is 9.59 Å². The molecule has 0 aliphatic carbocycles. The Hall–Kier alpha value is -1.38. The first-order chi connectivity index (χ1) is 8.58. The van der Waals surface area contributed by atoms with Crippen LogP contribution in [0.1, 0.15) is 46.0 Å². The summed E-state index contributed by atoms with van der Waals surface area (Å²) >= 11 is 0. The van der Waals surface area contributed by atoms with Crippen LogP contribution in [0.15, 0.2) is 23.3 Å². The van der Waals surface area contributed by atoms with Crippen molar-refractivity contribution in [3.63, 3.8) is 0 Å². The van der Waals surface area contributed by atoms with Gasteiger partial charge in [-0.2, -0.15) is 0 Å². The van der Waals surface area contributed by atoms with Gasteiger partial charge in [0.2, 0.25) is 5.91 Å². The molecular weight excluding hydrogens is 226 g/mol. The number of hydrogen-bond donors (Lipinski definition) is 0. The predicted octanol–water partition coefficient (Wildman–Crippen LogP) is 2.62. The minimum atomic E-state index is 0.218. The lowest BCUT2D eigenvalue weighted by Crippen LogP contribution is -2.47. The van der Waals surface area contributed by atoms with E-state index in [0.717, 1.165) is 25.8 Å². The summed E-state index contributed by atoms with van der Waals surface area (Å²) in [5.41, 5.74) is 2.46. The van der Waals surface area contributed by atoms with E-state index in [0.29, 0.717) is 18.9 Å². The first-order valence-corrected chi connectivity index (χ1v) is 6.74. The molecule has 1 saturated heterocycles. The number of carbonyl (C=O) groups excluding carboxylic acids is 2. The molecule has 3 nitrogen and oxygen atoms in total. The van der Waals surface area contributed by atoms with Crippen LogP contribution in [0.3, 0.4) is 0 Å². The maximum absolute atomic E-state index is 11.9. The standard InChI is InChI=1S/C15H21NO2/c1-11-9-13(6-3-5-12(2)17)10-16-14(11)7-4-8-15(16)18/h6,9,14H,3-5,7-8,10H2,1-2H3/b13-6-/t14-/m0/s1. The number of piperidine rings is 1. The van der Waals surface area contributed by atoms with Crippen LogP contribution in [0.25, 0.3) is 0 Å². The van der Waals surface area contributed by atoms with Gasteiger partial charge in [0, 0.05) is 19.4 Å². The number of Topliss-reactive ketones (excluding diaryl/α,β-unsaturated/α-hetero) is 1. The van der Waals surface area contributed by atoms with Gasteiger partial charge in [-0.15, -0.1) is 0 Å². The summed E-state index contributed by atoms with van der Waals surface area (Å²) in [6, 6.07) is 0.316. The minimum Gasteiger partial charge on any atom is -0.332 e. The Morgan fingerprint density at radius 1 is 1.56 bits per heavy atom. The number of amides is 1. The zero-order valence-corrected chi connectivity index (χ0v) is 11.2. The molecule has 2 rings (SSSR count). The molecule has 0 aromatic heterocycles. The highest BCUT2D eigenvalue weighted by atomic mass is 16.2. The molecule has 1 amide bonds. The molecule has 2 heterocycles. The van der Waals surface area contributed by atoms with E-state index in [1.807, 2.05) is 4.90 Å². The van der Waals surface area contributed by atoms with Gasteiger partial charge in [0.1, 0.15) is 5.78 Å². The van der Waals surface area contributed by atoms with Gasteiger partial charge in [0.15, 0.2) is 0 Å². The third-order valence-electron chi connectivity index (χ3n) is 3.76. The van der Waals surface area contributed by atoms with Crippen LogP contribution in [-0.2, 0) is 9.59 Å². The van der Waals surface area contributed by atoms with E-state index in [2.05, 4.69) is 19.1 Å². The van der Waals surface area contributed by atoms with E-state index in [4.69, 9.17) is 0 Å². The van der Waals surface area contributed by atoms with Crippen molar-refractivity contribution in [1.29, 1.82) is 0 Å². The lowest BCUT2D eigenvalue weighted by atomic mass is 9.90. The maximum atomic E-state index is 11.9. The zero-order chi connectivity index (χ0) is 13.1. The zero-order valence-electron chi connectivity index (χ0n) is 11.2. The molecule has 0 N–H and O–H groups in total. The maximum Gasteiger partial charge on any atom is 0.223 e. The van der Waals surface area contributed by atoms with Gasteiger partial charge in [-0.3, -0.25) is 4.79 Å². The molecule has 2 aliphatic heterocycles. The minimum absolute atomic E-state index is 0.218. The van der Waals surface area contributed by atoms with Gasteiger partial charge in [0.25, 0.3) is 0 Å².